The molecule has 1 aromatic carbocycles. The molecule has 1 saturated carbocycles. The number of rotatable bonds is 3. The average Bonchev–Trinajstić information content (AvgIpc) is 2.72. The molecule has 178 valence electrons. The Morgan fingerprint density at radius 2 is 1.58 bits per heavy atom. The van der Waals surface area contributed by atoms with Gasteiger partial charge in [-0.15, -0.1) is 0 Å². The number of carbonyl (C=O) groups is 1. The van der Waals surface area contributed by atoms with E-state index < -0.39 is 29.6 Å². The van der Waals surface area contributed by atoms with E-state index in [0.29, 0.717) is 45.0 Å². The zero-order valence-electron chi connectivity index (χ0n) is 17.2. The van der Waals surface area contributed by atoms with Gasteiger partial charge in [-0.05, 0) is 55.4 Å². The van der Waals surface area contributed by atoms with Gasteiger partial charge in [0.2, 0.25) is 0 Å². The molecule has 1 spiro atoms. The van der Waals surface area contributed by atoms with Crippen molar-refractivity contribution in [3.05, 3.63) is 53.9 Å². The molecule has 1 aliphatic heterocycles. The monoisotopic (exact) mass is 474 g/mol. The molecule has 2 aromatic rings. The molecule has 5 nitrogen and oxygen atoms in total. The van der Waals surface area contributed by atoms with Crippen LogP contribution in [0, 0.1) is 5.41 Å². The van der Waals surface area contributed by atoms with Crippen LogP contribution >= 0.6 is 0 Å². The highest BCUT2D eigenvalue weighted by Gasteiger charge is 2.48. The van der Waals surface area contributed by atoms with E-state index in [4.69, 9.17) is 9.47 Å². The first kappa shape index (κ1) is 23.2. The summed E-state index contributed by atoms with van der Waals surface area (Å²) in [4.78, 5) is 17.2. The maximum absolute atomic E-state index is 12.8. The van der Waals surface area contributed by atoms with E-state index in [1.54, 1.807) is 0 Å². The molecule has 2 heterocycles. The van der Waals surface area contributed by atoms with Gasteiger partial charge in [-0.2, -0.15) is 26.3 Å². The van der Waals surface area contributed by atoms with Gasteiger partial charge in [-0.25, -0.2) is 4.79 Å². The third-order valence-electron chi connectivity index (χ3n) is 6.11. The van der Waals surface area contributed by atoms with Crippen molar-refractivity contribution < 1.29 is 40.6 Å². The number of likely N-dealkylation sites (tertiary alicyclic amines) is 1. The predicted molar refractivity (Wildman–Crippen MR) is 104 cm³/mol. The Balaban J connectivity index is 1.27. The van der Waals surface area contributed by atoms with Gasteiger partial charge in [0.25, 0.3) is 0 Å². The molecule has 1 amide bonds. The number of carbonyl (C=O) groups excluding carboxylic acids is 1. The standard InChI is InChI=1S/C22H20F6N2O3/c23-21(24,25)14-2-1-3-16(8-14)32-18-10-20(11-18)4-6-30(7-5-20)19(31)33-17-9-15(12-29-13-17)22(26,27)28/h1-3,8-9,12-13,18H,4-7,10-11H2. The number of hydrogen-bond acceptors (Lipinski definition) is 4. The normalized spacial score (nSPS) is 18.7. The lowest BCUT2D eigenvalue weighted by atomic mass is 9.61. The van der Waals surface area contributed by atoms with E-state index in [2.05, 4.69) is 4.98 Å². The lowest BCUT2D eigenvalue weighted by Crippen LogP contribution is -2.52. The van der Waals surface area contributed by atoms with Crippen LogP contribution in [0.2, 0.25) is 0 Å². The van der Waals surface area contributed by atoms with Gasteiger partial charge in [-0.3, -0.25) is 4.98 Å². The van der Waals surface area contributed by atoms with Crippen LogP contribution in [0.15, 0.2) is 42.7 Å². The third-order valence-corrected chi connectivity index (χ3v) is 6.11. The van der Waals surface area contributed by atoms with Crippen molar-refractivity contribution in [1.29, 1.82) is 0 Å². The number of nitrogens with zero attached hydrogens (tertiary/aromatic N) is 2. The zero-order valence-corrected chi connectivity index (χ0v) is 17.2. The maximum atomic E-state index is 12.8. The minimum Gasteiger partial charge on any atom is -0.490 e. The Morgan fingerprint density at radius 1 is 0.939 bits per heavy atom. The molecule has 1 saturated heterocycles. The van der Waals surface area contributed by atoms with E-state index in [0.717, 1.165) is 24.4 Å². The molecule has 0 radical (unpaired) electrons. The molecule has 4 rings (SSSR count). The van der Waals surface area contributed by atoms with E-state index in [1.807, 2.05) is 0 Å². The molecule has 1 aromatic heterocycles. The topological polar surface area (TPSA) is 51.7 Å². The van der Waals surface area contributed by atoms with Crippen LogP contribution < -0.4 is 9.47 Å². The summed E-state index contributed by atoms with van der Waals surface area (Å²) in [6.07, 6.45) is -5.69. The zero-order chi connectivity index (χ0) is 23.9. The fourth-order valence-corrected chi connectivity index (χ4v) is 4.29. The van der Waals surface area contributed by atoms with Crippen LogP contribution in [0.25, 0.3) is 0 Å². The summed E-state index contributed by atoms with van der Waals surface area (Å²) in [5.74, 6) is -0.117. The second-order valence-corrected chi connectivity index (χ2v) is 8.44. The Morgan fingerprint density at radius 3 is 2.21 bits per heavy atom. The molecule has 0 N–H and O–H groups in total. The number of halogens is 6. The highest BCUT2D eigenvalue weighted by Crippen LogP contribution is 2.50. The van der Waals surface area contributed by atoms with Crippen LogP contribution in [0.5, 0.6) is 11.5 Å². The summed E-state index contributed by atoms with van der Waals surface area (Å²) in [6.45, 7) is 0.725. The summed E-state index contributed by atoms with van der Waals surface area (Å²) in [5.41, 5.74) is -1.84. The van der Waals surface area contributed by atoms with Crippen LogP contribution in [-0.2, 0) is 12.4 Å². The Kier molecular flexibility index (Phi) is 5.92. The van der Waals surface area contributed by atoms with Crippen molar-refractivity contribution in [2.75, 3.05) is 13.1 Å². The van der Waals surface area contributed by atoms with Gasteiger partial charge in [0.05, 0.1) is 23.4 Å². The summed E-state index contributed by atoms with van der Waals surface area (Å²) in [6, 6.07) is 5.47. The average molecular weight is 474 g/mol. The largest absolute Gasteiger partial charge is 0.490 e. The van der Waals surface area contributed by atoms with Gasteiger partial charge in [0, 0.05) is 19.3 Å². The second kappa shape index (κ2) is 8.42. The van der Waals surface area contributed by atoms with Crippen molar-refractivity contribution in [3.63, 3.8) is 0 Å². The predicted octanol–water partition coefficient (Wildman–Crippen LogP) is 5.94. The SMILES string of the molecule is O=C(Oc1cncc(C(F)(F)F)c1)N1CCC2(CC1)CC(Oc1cccc(C(F)(F)F)c1)C2. The number of aromatic nitrogens is 1. The van der Waals surface area contributed by atoms with Crippen LogP contribution in [-0.4, -0.2) is 35.2 Å². The number of hydrogen-bond donors (Lipinski definition) is 0. The lowest BCUT2D eigenvalue weighted by molar-refractivity contribution is -0.138. The van der Waals surface area contributed by atoms with E-state index >= 15 is 0 Å². The van der Waals surface area contributed by atoms with Gasteiger partial charge < -0.3 is 14.4 Å². The van der Waals surface area contributed by atoms with E-state index in [1.165, 1.54) is 17.0 Å². The molecular weight excluding hydrogens is 454 g/mol. The van der Waals surface area contributed by atoms with Crippen molar-refractivity contribution >= 4 is 6.09 Å². The molecule has 2 fully saturated rings. The molecule has 0 unspecified atom stereocenters. The van der Waals surface area contributed by atoms with E-state index in [-0.39, 0.29) is 23.0 Å². The van der Waals surface area contributed by atoms with Crippen molar-refractivity contribution in [1.82, 2.24) is 9.88 Å². The first-order valence-corrected chi connectivity index (χ1v) is 10.3. The Hall–Kier alpha value is -2.98. The smallest absolute Gasteiger partial charge is 0.418 e. The quantitative estimate of drug-likeness (QED) is 0.517. The van der Waals surface area contributed by atoms with Crippen molar-refractivity contribution in [2.45, 2.75) is 44.1 Å². The summed E-state index contributed by atoms with van der Waals surface area (Å²) < 4.78 is 87.6. The molecule has 0 bridgehead atoms. The fraction of sp³-hybridized carbons (Fsp3) is 0.455. The van der Waals surface area contributed by atoms with E-state index in [9.17, 15) is 31.1 Å². The van der Waals surface area contributed by atoms with Crippen molar-refractivity contribution in [3.8, 4) is 11.5 Å². The summed E-state index contributed by atoms with van der Waals surface area (Å²) >= 11 is 0. The van der Waals surface area contributed by atoms with Gasteiger partial charge in [0.15, 0.2) is 5.75 Å². The highest BCUT2D eigenvalue weighted by molar-refractivity contribution is 5.70. The Bertz CT molecular complexity index is 1010. The lowest BCUT2D eigenvalue weighted by Gasteiger charge is -2.51. The van der Waals surface area contributed by atoms with Gasteiger partial charge in [0.1, 0.15) is 5.75 Å². The number of pyridine rings is 1. The van der Waals surface area contributed by atoms with Crippen LogP contribution in [0.1, 0.15) is 36.8 Å². The number of ether oxygens (including phenoxy) is 2. The minimum atomic E-state index is -4.59. The third kappa shape index (κ3) is 5.33. The minimum absolute atomic E-state index is 0.0686. The second-order valence-electron chi connectivity index (χ2n) is 8.44. The number of benzene rings is 1. The molecule has 11 heteroatoms. The summed E-state index contributed by atoms with van der Waals surface area (Å²) in [7, 11) is 0. The number of amides is 1. The molecule has 0 atom stereocenters. The fourth-order valence-electron chi connectivity index (χ4n) is 4.29. The first-order chi connectivity index (χ1) is 15.4. The number of alkyl halides is 6. The highest BCUT2D eigenvalue weighted by atomic mass is 19.4. The molecular formula is C22H20F6N2O3. The maximum Gasteiger partial charge on any atom is 0.418 e. The van der Waals surface area contributed by atoms with Gasteiger partial charge in [-0.1, -0.05) is 6.07 Å². The van der Waals surface area contributed by atoms with Crippen LogP contribution in [0.3, 0.4) is 0 Å². The molecule has 33 heavy (non-hydrogen) atoms. The number of piperidine rings is 1. The first-order valence-electron chi connectivity index (χ1n) is 10.3. The van der Waals surface area contributed by atoms with Crippen LogP contribution in [0.4, 0.5) is 31.1 Å². The Labute approximate surface area is 185 Å². The summed E-state index contributed by atoms with van der Waals surface area (Å²) in [5, 5.41) is 0. The van der Waals surface area contributed by atoms with Gasteiger partial charge >= 0.3 is 18.4 Å². The van der Waals surface area contributed by atoms with Crippen molar-refractivity contribution in [2.24, 2.45) is 5.41 Å². The molecule has 1 aliphatic carbocycles. The molecule has 2 aliphatic rings.